The first-order chi connectivity index (χ1) is 11.2. The van der Waals surface area contributed by atoms with E-state index in [1.807, 2.05) is 25.1 Å². The first-order valence-corrected chi connectivity index (χ1v) is 7.73. The van der Waals surface area contributed by atoms with Crippen LogP contribution < -0.4 is 5.32 Å². The quantitative estimate of drug-likeness (QED) is 0.599. The molecule has 2 heterocycles. The highest BCUT2D eigenvalue weighted by Crippen LogP contribution is 2.30. The molecule has 0 saturated heterocycles. The highest BCUT2D eigenvalue weighted by atomic mass is 32.1. The standard InChI is InChI=1S/C16H11FN4OS/c1-9-3-2-4-12-13(9)18-16(23-12)19-15-21-20-14(22-15)10-5-7-11(17)8-6-10/h2-8H,1H3,(H,18,19,21). The molecular formula is C16H11FN4OS. The lowest BCUT2D eigenvalue weighted by atomic mass is 10.2. The Morgan fingerprint density at radius 2 is 1.91 bits per heavy atom. The Kier molecular flexibility index (Phi) is 3.27. The number of benzene rings is 2. The topological polar surface area (TPSA) is 63.8 Å². The van der Waals surface area contributed by atoms with Gasteiger partial charge in [0.2, 0.25) is 5.89 Å². The number of halogens is 1. The van der Waals surface area contributed by atoms with E-state index in [0.29, 0.717) is 16.6 Å². The third-order valence-electron chi connectivity index (χ3n) is 3.35. The Morgan fingerprint density at radius 3 is 2.70 bits per heavy atom. The highest BCUT2D eigenvalue weighted by Gasteiger charge is 2.11. The summed E-state index contributed by atoms with van der Waals surface area (Å²) >= 11 is 1.51. The summed E-state index contributed by atoms with van der Waals surface area (Å²) < 4.78 is 19.6. The molecule has 0 spiro atoms. The van der Waals surface area contributed by atoms with Crippen LogP contribution in [0, 0.1) is 12.7 Å². The van der Waals surface area contributed by atoms with Gasteiger partial charge < -0.3 is 4.42 Å². The van der Waals surface area contributed by atoms with Crippen LogP contribution in [0.1, 0.15) is 5.56 Å². The molecule has 0 aliphatic heterocycles. The number of hydrogen-bond donors (Lipinski definition) is 1. The number of aromatic nitrogens is 3. The average Bonchev–Trinajstić information content (AvgIpc) is 3.16. The van der Waals surface area contributed by atoms with Crippen LogP contribution in [0.25, 0.3) is 21.7 Å². The first-order valence-electron chi connectivity index (χ1n) is 6.92. The van der Waals surface area contributed by atoms with E-state index in [0.717, 1.165) is 15.8 Å². The van der Waals surface area contributed by atoms with Crippen LogP contribution in [0.4, 0.5) is 15.5 Å². The van der Waals surface area contributed by atoms with Gasteiger partial charge in [-0.2, -0.15) is 0 Å². The van der Waals surface area contributed by atoms with Crippen molar-refractivity contribution >= 4 is 32.7 Å². The van der Waals surface area contributed by atoms with Gasteiger partial charge in [-0.1, -0.05) is 28.6 Å². The Balaban J connectivity index is 1.61. The number of anilines is 2. The molecule has 7 heteroatoms. The molecule has 4 rings (SSSR count). The predicted molar refractivity (Wildman–Crippen MR) is 87.3 cm³/mol. The second-order valence-electron chi connectivity index (χ2n) is 4.98. The fourth-order valence-corrected chi connectivity index (χ4v) is 3.15. The van der Waals surface area contributed by atoms with E-state index in [-0.39, 0.29) is 11.8 Å². The number of thiazole rings is 1. The molecule has 0 fully saturated rings. The SMILES string of the molecule is Cc1cccc2sc(Nc3nnc(-c4ccc(F)cc4)o3)nc12. The van der Waals surface area contributed by atoms with Gasteiger partial charge in [0.15, 0.2) is 5.13 Å². The zero-order valence-corrected chi connectivity index (χ0v) is 12.9. The van der Waals surface area contributed by atoms with Crippen molar-refractivity contribution in [1.29, 1.82) is 0 Å². The third-order valence-corrected chi connectivity index (χ3v) is 4.29. The maximum atomic E-state index is 12.9. The summed E-state index contributed by atoms with van der Waals surface area (Å²) in [4.78, 5) is 4.53. The third kappa shape index (κ3) is 2.66. The fraction of sp³-hybridized carbons (Fsp3) is 0.0625. The fourth-order valence-electron chi connectivity index (χ4n) is 2.21. The number of hydrogen-bond acceptors (Lipinski definition) is 6. The van der Waals surface area contributed by atoms with Crippen LogP contribution in [0.15, 0.2) is 46.9 Å². The molecule has 0 radical (unpaired) electrons. The van der Waals surface area contributed by atoms with Crippen LogP contribution >= 0.6 is 11.3 Å². The van der Waals surface area contributed by atoms with Crippen LogP contribution in [0.5, 0.6) is 0 Å². The number of nitrogens with zero attached hydrogens (tertiary/aromatic N) is 3. The maximum absolute atomic E-state index is 12.9. The van der Waals surface area contributed by atoms with Crippen molar-refractivity contribution in [3.8, 4) is 11.5 Å². The lowest BCUT2D eigenvalue weighted by Crippen LogP contribution is -1.88. The average molecular weight is 326 g/mol. The Hall–Kier alpha value is -2.80. The van der Waals surface area contributed by atoms with E-state index in [2.05, 4.69) is 20.5 Å². The molecule has 0 saturated carbocycles. The van der Waals surface area contributed by atoms with Gasteiger partial charge in [-0.25, -0.2) is 9.37 Å². The van der Waals surface area contributed by atoms with Crippen molar-refractivity contribution in [2.24, 2.45) is 0 Å². The van der Waals surface area contributed by atoms with Gasteiger partial charge >= 0.3 is 6.01 Å². The largest absolute Gasteiger partial charge is 0.403 e. The van der Waals surface area contributed by atoms with Crippen LogP contribution in [-0.2, 0) is 0 Å². The van der Waals surface area contributed by atoms with E-state index in [1.165, 1.54) is 23.5 Å². The van der Waals surface area contributed by atoms with Crippen molar-refractivity contribution in [2.45, 2.75) is 6.92 Å². The molecule has 0 unspecified atom stereocenters. The van der Waals surface area contributed by atoms with Gasteiger partial charge in [0.1, 0.15) is 5.82 Å². The summed E-state index contributed by atoms with van der Waals surface area (Å²) in [5.74, 6) is 0.0150. The van der Waals surface area contributed by atoms with Crippen LogP contribution in [-0.4, -0.2) is 15.2 Å². The summed E-state index contributed by atoms with van der Waals surface area (Å²) in [6.07, 6.45) is 0. The summed E-state index contributed by atoms with van der Waals surface area (Å²) in [5, 5.41) is 11.6. The maximum Gasteiger partial charge on any atom is 0.322 e. The molecule has 2 aromatic carbocycles. The molecule has 0 atom stereocenters. The molecule has 114 valence electrons. The van der Waals surface area contributed by atoms with Gasteiger partial charge in [0.25, 0.3) is 0 Å². The minimum Gasteiger partial charge on any atom is -0.403 e. The zero-order chi connectivity index (χ0) is 15.8. The number of rotatable bonds is 3. The normalized spacial score (nSPS) is 11.0. The summed E-state index contributed by atoms with van der Waals surface area (Å²) in [5.41, 5.74) is 2.73. The van der Waals surface area contributed by atoms with Gasteiger partial charge in [-0.05, 0) is 42.8 Å². The van der Waals surface area contributed by atoms with Crippen molar-refractivity contribution in [3.63, 3.8) is 0 Å². The molecule has 1 N–H and O–H groups in total. The summed E-state index contributed by atoms with van der Waals surface area (Å²) in [6, 6.07) is 12.2. The summed E-state index contributed by atoms with van der Waals surface area (Å²) in [7, 11) is 0. The molecule has 2 aromatic heterocycles. The Morgan fingerprint density at radius 1 is 1.09 bits per heavy atom. The van der Waals surface area contributed by atoms with Gasteiger partial charge in [0.05, 0.1) is 10.2 Å². The minimum absolute atomic E-state index is 0.251. The molecule has 23 heavy (non-hydrogen) atoms. The van der Waals surface area contributed by atoms with Crippen molar-refractivity contribution in [1.82, 2.24) is 15.2 Å². The monoisotopic (exact) mass is 326 g/mol. The second kappa shape index (κ2) is 5.44. The second-order valence-corrected chi connectivity index (χ2v) is 6.02. The molecule has 0 aliphatic carbocycles. The van der Waals surface area contributed by atoms with E-state index in [4.69, 9.17) is 4.42 Å². The van der Waals surface area contributed by atoms with Crippen LogP contribution in [0.3, 0.4) is 0 Å². The van der Waals surface area contributed by atoms with E-state index < -0.39 is 0 Å². The molecule has 4 aromatic rings. The lowest BCUT2D eigenvalue weighted by Gasteiger charge is -1.95. The van der Waals surface area contributed by atoms with Crippen molar-refractivity contribution in [2.75, 3.05) is 5.32 Å². The number of aryl methyl sites for hydroxylation is 1. The molecular weight excluding hydrogens is 315 g/mol. The Labute approximate surface area is 134 Å². The molecule has 0 bridgehead atoms. The van der Waals surface area contributed by atoms with Crippen LogP contribution in [0.2, 0.25) is 0 Å². The molecule has 5 nitrogen and oxygen atoms in total. The first kappa shape index (κ1) is 13.8. The smallest absolute Gasteiger partial charge is 0.322 e. The van der Waals surface area contributed by atoms with E-state index in [9.17, 15) is 4.39 Å². The molecule has 0 aliphatic rings. The van der Waals surface area contributed by atoms with E-state index in [1.54, 1.807) is 12.1 Å². The predicted octanol–water partition coefficient (Wildman–Crippen LogP) is 4.54. The zero-order valence-electron chi connectivity index (χ0n) is 12.1. The summed E-state index contributed by atoms with van der Waals surface area (Å²) in [6.45, 7) is 2.02. The minimum atomic E-state index is -0.309. The van der Waals surface area contributed by atoms with Crippen molar-refractivity contribution in [3.05, 3.63) is 53.8 Å². The lowest BCUT2D eigenvalue weighted by molar-refractivity contribution is 0.587. The molecule has 0 amide bonds. The van der Waals surface area contributed by atoms with Gasteiger partial charge in [0, 0.05) is 5.56 Å². The van der Waals surface area contributed by atoms with Gasteiger partial charge in [-0.15, -0.1) is 5.10 Å². The number of nitrogens with one attached hydrogen (secondary N) is 1. The number of fused-ring (bicyclic) bond motifs is 1. The highest BCUT2D eigenvalue weighted by molar-refractivity contribution is 7.22. The van der Waals surface area contributed by atoms with E-state index >= 15 is 0 Å². The number of para-hydroxylation sites is 1. The van der Waals surface area contributed by atoms with Crippen molar-refractivity contribution < 1.29 is 8.81 Å². The Bertz CT molecular complexity index is 977. The van der Waals surface area contributed by atoms with Gasteiger partial charge in [-0.3, -0.25) is 5.32 Å².